The molecule has 0 aliphatic carbocycles. The number of H-pyrrole nitrogens is 2. The fourth-order valence-corrected chi connectivity index (χ4v) is 1.73. The maximum absolute atomic E-state index is 11.6. The summed E-state index contributed by atoms with van der Waals surface area (Å²) in [6, 6.07) is 5.17. The zero-order valence-electron chi connectivity index (χ0n) is 9.82. The molecule has 4 N–H and O–H groups in total. The minimum absolute atomic E-state index is 0.0966. The van der Waals surface area contributed by atoms with Crippen LogP contribution in [0.2, 0.25) is 0 Å². The van der Waals surface area contributed by atoms with Crippen molar-refractivity contribution in [2.24, 2.45) is 0 Å². The number of anilines is 1. The van der Waals surface area contributed by atoms with Crippen molar-refractivity contribution in [1.29, 1.82) is 0 Å². The van der Waals surface area contributed by atoms with Crippen molar-refractivity contribution < 1.29 is 9.90 Å². The molecule has 1 aromatic heterocycles. The van der Waals surface area contributed by atoms with Gasteiger partial charge >= 0.3 is 5.69 Å². The van der Waals surface area contributed by atoms with Gasteiger partial charge in [0.2, 0.25) is 5.91 Å². The highest BCUT2D eigenvalue weighted by molar-refractivity contribution is 5.92. The van der Waals surface area contributed by atoms with E-state index in [1.165, 1.54) is 0 Å². The number of fused-ring (bicyclic) bond motifs is 1. The van der Waals surface area contributed by atoms with Crippen molar-refractivity contribution in [3.05, 3.63) is 28.7 Å². The van der Waals surface area contributed by atoms with Gasteiger partial charge in [0.05, 0.1) is 11.0 Å². The van der Waals surface area contributed by atoms with Gasteiger partial charge in [-0.05, 0) is 31.0 Å². The summed E-state index contributed by atoms with van der Waals surface area (Å²) in [6.07, 6.45) is 1.66. The lowest BCUT2D eigenvalue weighted by molar-refractivity contribution is -0.116. The third kappa shape index (κ3) is 2.98. The summed E-state index contributed by atoms with van der Waals surface area (Å²) < 4.78 is 0. The highest BCUT2D eigenvalue weighted by atomic mass is 16.3. The molecule has 0 spiro atoms. The first-order valence-corrected chi connectivity index (χ1v) is 5.82. The molecule has 2 aromatic rings. The number of aromatic nitrogens is 2. The van der Waals surface area contributed by atoms with Gasteiger partial charge in [-0.1, -0.05) is 0 Å². The van der Waals surface area contributed by atoms with E-state index < -0.39 is 0 Å². The van der Waals surface area contributed by atoms with Gasteiger partial charge in [0.15, 0.2) is 0 Å². The molecule has 0 fully saturated rings. The van der Waals surface area contributed by atoms with Crippen LogP contribution in [-0.2, 0) is 4.79 Å². The molecule has 6 heteroatoms. The summed E-state index contributed by atoms with van der Waals surface area (Å²) in [5.41, 5.74) is 1.75. The quantitative estimate of drug-likeness (QED) is 0.594. The van der Waals surface area contributed by atoms with E-state index in [0.717, 1.165) is 0 Å². The number of carbonyl (C=O) groups is 1. The summed E-state index contributed by atoms with van der Waals surface area (Å²) in [6.45, 7) is 0.101. The Hall–Kier alpha value is -2.08. The average molecular weight is 249 g/mol. The molecule has 0 radical (unpaired) electrons. The number of rotatable bonds is 5. The van der Waals surface area contributed by atoms with Crippen molar-refractivity contribution in [1.82, 2.24) is 9.97 Å². The Kier molecular flexibility index (Phi) is 3.78. The summed E-state index contributed by atoms with van der Waals surface area (Å²) in [5.74, 6) is -0.0966. The van der Waals surface area contributed by atoms with Crippen molar-refractivity contribution in [2.75, 3.05) is 11.9 Å². The molecule has 6 nitrogen and oxygen atoms in total. The van der Waals surface area contributed by atoms with E-state index in [9.17, 15) is 9.59 Å². The largest absolute Gasteiger partial charge is 0.396 e. The van der Waals surface area contributed by atoms with Gasteiger partial charge in [-0.3, -0.25) is 4.79 Å². The van der Waals surface area contributed by atoms with Crippen molar-refractivity contribution in [3.63, 3.8) is 0 Å². The molecular weight excluding hydrogens is 234 g/mol. The molecule has 0 saturated carbocycles. The second kappa shape index (κ2) is 5.50. The van der Waals surface area contributed by atoms with Crippen molar-refractivity contribution in [3.8, 4) is 0 Å². The van der Waals surface area contributed by atoms with Gasteiger partial charge in [0, 0.05) is 18.7 Å². The molecule has 0 unspecified atom stereocenters. The zero-order chi connectivity index (χ0) is 13.0. The maximum atomic E-state index is 11.6. The monoisotopic (exact) mass is 249 g/mol. The Labute approximate surface area is 103 Å². The summed E-state index contributed by atoms with van der Waals surface area (Å²) in [5, 5.41) is 11.4. The molecule has 0 aliphatic rings. The van der Waals surface area contributed by atoms with Crippen molar-refractivity contribution in [2.45, 2.75) is 19.3 Å². The van der Waals surface area contributed by atoms with Gasteiger partial charge in [-0.25, -0.2) is 4.79 Å². The minimum atomic E-state index is -0.267. The van der Waals surface area contributed by atoms with Gasteiger partial charge in [0.25, 0.3) is 0 Å². The number of aliphatic hydroxyl groups is 1. The topological polar surface area (TPSA) is 98.0 Å². The molecular formula is C12H15N3O3. The zero-order valence-corrected chi connectivity index (χ0v) is 9.82. The van der Waals surface area contributed by atoms with E-state index >= 15 is 0 Å². The van der Waals surface area contributed by atoms with Crippen LogP contribution in [0.3, 0.4) is 0 Å². The van der Waals surface area contributed by atoms with Crippen LogP contribution in [0.25, 0.3) is 11.0 Å². The van der Waals surface area contributed by atoms with Crippen LogP contribution < -0.4 is 11.0 Å². The third-order valence-corrected chi connectivity index (χ3v) is 2.61. The fraction of sp³-hybridized carbons (Fsp3) is 0.333. The Morgan fingerprint density at radius 1 is 1.22 bits per heavy atom. The second-order valence-corrected chi connectivity index (χ2v) is 4.07. The van der Waals surface area contributed by atoms with Crippen LogP contribution >= 0.6 is 0 Å². The number of amides is 1. The molecule has 0 bridgehead atoms. The lowest BCUT2D eigenvalue weighted by atomic mass is 10.2. The fourth-order valence-electron chi connectivity index (χ4n) is 1.73. The van der Waals surface area contributed by atoms with E-state index in [1.807, 2.05) is 0 Å². The molecule has 0 saturated heterocycles. The molecule has 1 aromatic carbocycles. The minimum Gasteiger partial charge on any atom is -0.396 e. The van der Waals surface area contributed by atoms with E-state index in [1.54, 1.807) is 18.2 Å². The number of nitrogens with one attached hydrogen (secondary N) is 3. The molecule has 2 rings (SSSR count). The number of unbranched alkanes of at least 4 members (excludes halogenated alkanes) is 1. The molecule has 18 heavy (non-hydrogen) atoms. The van der Waals surface area contributed by atoms with Crippen molar-refractivity contribution >= 4 is 22.6 Å². The standard InChI is InChI=1S/C12H15N3O3/c16-6-2-1-3-11(17)13-8-4-5-9-10(7-8)15-12(18)14-9/h4-5,7,16H,1-3,6H2,(H,13,17)(H2,14,15,18). The molecule has 1 amide bonds. The normalized spacial score (nSPS) is 10.7. The Morgan fingerprint density at radius 2 is 2.00 bits per heavy atom. The molecule has 0 atom stereocenters. The van der Waals surface area contributed by atoms with Crippen LogP contribution in [0, 0.1) is 0 Å². The van der Waals surface area contributed by atoms with E-state index in [4.69, 9.17) is 5.11 Å². The van der Waals surface area contributed by atoms with Crippen LogP contribution in [0.5, 0.6) is 0 Å². The summed E-state index contributed by atoms with van der Waals surface area (Å²) in [4.78, 5) is 27.9. The van der Waals surface area contributed by atoms with Gasteiger partial charge in [-0.15, -0.1) is 0 Å². The number of aromatic amines is 2. The summed E-state index contributed by atoms with van der Waals surface area (Å²) in [7, 11) is 0. The van der Waals surface area contributed by atoms with Crippen LogP contribution in [0.15, 0.2) is 23.0 Å². The first kappa shape index (κ1) is 12.4. The Balaban J connectivity index is 2.02. The maximum Gasteiger partial charge on any atom is 0.323 e. The Bertz CT molecular complexity index is 600. The van der Waals surface area contributed by atoms with Gasteiger partial charge in [0.1, 0.15) is 0 Å². The lowest BCUT2D eigenvalue weighted by Gasteiger charge is -2.04. The number of aliphatic hydroxyl groups excluding tert-OH is 1. The van der Waals surface area contributed by atoms with Gasteiger partial charge < -0.3 is 20.4 Å². The highest BCUT2D eigenvalue weighted by Gasteiger charge is 2.04. The smallest absolute Gasteiger partial charge is 0.323 e. The Morgan fingerprint density at radius 3 is 2.78 bits per heavy atom. The number of hydrogen-bond acceptors (Lipinski definition) is 3. The second-order valence-electron chi connectivity index (χ2n) is 4.07. The third-order valence-electron chi connectivity index (χ3n) is 2.61. The highest BCUT2D eigenvalue weighted by Crippen LogP contribution is 2.14. The van der Waals surface area contributed by atoms with E-state index in [2.05, 4.69) is 15.3 Å². The van der Waals surface area contributed by atoms with Gasteiger partial charge in [-0.2, -0.15) is 0 Å². The first-order valence-electron chi connectivity index (χ1n) is 5.82. The number of carbonyl (C=O) groups excluding carboxylic acids is 1. The lowest BCUT2D eigenvalue weighted by Crippen LogP contribution is -2.11. The average Bonchev–Trinajstić information content (AvgIpc) is 2.69. The predicted octanol–water partition coefficient (Wildman–Crippen LogP) is 0.957. The van der Waals surface area contributed by atoms with Crippen LogP contribution in [0.1, 0.15) is 19.3 Å². The van der Waals surface area contributed by atoms with E-state index in [0.29, 0.717) is 36.0 Å². The number of hydrogen-bond donors (Lipinski definition) is 4. The van der Waals surface area contributed by atoms with E-state index in [-0.39, 0.29) is 18.2 Å². The summed E-state index contributed by atoms with van der Waals surface area (Å²) >= 11 is 0. The van der Waals surface area contributed by atoms with Crippen LogP contribution in [0.4, 0.5) is 5.69 Å². The predicted molar refractivity (Wildman–Crippen MR) is 68.5 cm³/mol. The number of imidazole rings is 1. The molecule has 96 valence electrons. The molecule has 0 aliphatic heterocycles. The van der Waals surface area contributed by atoms with Crippen LogP contribution in [-0.4, -0.2) is 27.6 Å². The number of benzene rings is 1. The SMILES string of the molecule is O=C(CCCCO)Nc1ccc2[nH]c(=O)[nH]c2c1. The first-order chi connectivity index (χ1) is 8.69. The molecule has 1 heterocycles.